The van der Waals surface area contributed by atoms with Crippen LogP contribution in [0.15, 0.2) is 24.3 Å². The predicted octanol–water partition coefficient (Wildman–Crippen LogP) is 4.28. The summed E-state index contributed by atoms with van der Waals surface area (Å²) in [6, 6.07) is 8.58. The van der Waals surface area contributed by atoms with Gasteiger partial charge in [-0.15, -0.1) is 0 Å². The van der Waals surface area contributed by atoms with Gasteiger partial charge in [-0.1, -0.05) is 51.0 Å². The van der Waals surface area contributed by atoms with E-state index in [0.717, 1.165) is 0 Å². The molecule has 3 rings (SSSR count). The molecule has 0 aromatic heterocycles. The molecule has 0 saturated heterocycles. The Kier molecular flexibility index (Phi) is 3.19. The summed E-state index contributed by atoms with van der Waals surface area (Å²) in [4.78, 5) is 0. The fourth-order valence-electron chi connectivity index (χ4n) is 4.42. The molecule has 4 atom stereocenters. The van der Waals surface area contributed by atoms with Gasteiger partial charge < -0.3 is 5.11 Å². The van der Waals surface area contributed by atoms with Crippen LogP contribution in [0.5, 0.6) is 0 Å². The molecule has 1 saturated carbocycles. The summed E-state index contributed by atoms with van der Waals surface area (Å²) in [5.41, 5.74) is 2.63. The first-order chi connectivity index (χ1) is 8.70. The van der Waals surface area contributed by atoms with Gasteiger partial charge in [0.2, 0.25) is 0 Å². The van der Waals surface area contributed by atoms with Crippen LogP contribution in [-0.2, 0) is 0 Å². The van der Waals surface area contributed by atoms with E-state index in [4.69, 9.17) is 0 Å². The molecule has 0 amide bonds. The Morgan fingerprint density at radius 1 is 1.00 bits per heavy atom. The number of benzene rings is 1. The van der Waals surface area contributed by atoms with Crippen LogP contribution in [0.4, 0.5) is 0 Å². The topological polar surface area (TPSA) is 20.2 Å². The maximum absolute atomic E-state index is 10.7. The molecule has 4 unspecified atom stereocenters. The molecule has 2 aliphatic carbocycles. The monoisotopic (exact) mass is 244 g/mol. The molecule has 1 aromatic carbocycles. The third kappa shape index (κ3) is 1.80. The summed E-state index contributed by atoms with van der Waals surface area (Å²) < 4.78 is 0. The van der Waals surface area contributed by atoms with Crippen molar-refractivity contribution < 1.29 is 5.11 Å². The lowest BCUT2D eigenvalue weighted by Gasteiger charge is -2.46. The van der Waals surface area contributed by atoms with Crippen LogP contribution in [0, 0.1) is 17.8 Å². The minimum atomic E-state index is -0.221. The van der Waals surface area contributed by atoms with Crippen molar-refractivity contribution in [1.82, 2.24) is 0 Å². The van der Waals surface area contributed by atoms with Gasteiger partial charge in [-0.2, -0.15) is 0 Å². The summed E-state index contributed by atoms with van der Waals surface area (Å²) in [6.07, 6.45) is 4.94. The van der Waals surface area contributed by atoms with Crippen molar-refractivity contribution in [3.63, 3.8) is 0 Å². The lowest BCUT2D eigenvalue weighted by atomic mass is 9.59. The molecule has 18 heavy (non-hydrogen) atoms. The number of hydrogen-bond donors (Lipinski definition) is 1. The van der Waals surface area contributed by atoms with Gasteiger partial charge in [0.1, 0.15) is 0 Å². The fraction of sp³-hybridized carbons (Fsp3) is 0.647. The SMILES string of the molecule is CC(C)C1c2ccccc2C(O)C2CCCCC21. The largest absolute Gasteiger partial charge is 0.388 e. The summed E-state index contributed by atoms with van der Waals surface area (Å²) in [5, 5.41) is 10.7. The first-order valence-electron chi connectivity index (χ1n) is 7.47. The zero-order valence-corrected chi connectivity index (χ0v) is 11.5. The molecule has 1 nitrogen and oxygen atoms in total. The Morgan fingerprint density at radius 3 is 2.28 bits per heavy atom. The van der Waals surface area contributed by atoms with E-state index in [1.807, 2.05) is 0 Å². The zero-order valence-electron chi connectivity index (χ0n) is 11.5. The maximum atomic E-state index is 10.7. The molecule has 0 heterocycles. The van der Waals surface area contributed by atoms with E-state index in [9.17, 15) is 5.11 Å². The number of rotatable bonds is 1. The van der Waals surface area contributed by atoms with Crippen LogP contribution in [0.2, 0.25) is 0 Å². The average Bonchev–Trinajstić information content (AvgIpc) is 2.39. The van der Waals surface area contributed by atoms with Crippen molar-refractivity contribution in [3.05, 3.63) is 35.4 Å². The quantitative estimate of drug-likeness (QED) is 0.781. The molecular weight excluding hydrogens is 220 g/mol. The highest BCUT2D eigenvalue weighted by atomic mass is 16.3. The molecular formula is C17H24O. The van der Waals surface area contributed by atoms with Gasteiger partial charge >= 0.3 is 0 Å². The Balaban J connectivity index is 2.08. The molecule has 2 aliphatic rings. The van der Waals surface area contributed by atoms with Crippen LogP contribution < -0.4 is 0 Å². The molecule has 1 aromatic rings. The first kappa shape index (κ1) is 12.2. The van der Waals surface area contributed by atoms with Crippen molar-refractivity contribution in [2.75, 3.05) is 0 Å². The second-order valence-electron chi connectivity index (χ2n) is 6.46. The van der Waals surface area contributed by atoms with Crippen molar-refractivity contribution in [1.29, 1.82) is 0 Å². The van der Waals surface area contributed by atoms with E-state index in [0.29, 0.717) is 23.7 Å². The van der Waals surface area contributed by atoms with E-state index in [1.54, 1.807) is 0 Å². The van der Waals surface area contributed by atoms with Gasteiger partial charge in [0.15, 0.2) is 0 Å². The number of hydrogen-bond acceptors (Lipinski definition) is 1. The summed E-state index contributed by atoms with van der Waals surface area (Å²) >= 11 is 0. The minimum Gasteiger partial charge on any atom is -0.388 e. The van der Waals surface area contributed by atoms with Gasteiger partial charge in [0.05, 0.1) is 6.10 Å². The lowest BCUT2D eigenvalue weighted by molar-refractivity contribution is 0.0140. The van der Waals surface area contributed by atoms with Gasteiger partial charge in [-0.3, -0.25) is 0 Å². The second-order valence-corrected chi connectivity index (χ2v) is 6.46. The Morgan fingerprint density at radius 2 is 1.61 bits per heavy atom. The van der Waals surface area contributed by atoms with Crippen LogP contribution in [0.1, 0.15) is 62.7 Å². The normalized spacial score (nSPS) is 35.1. The van der Waals surface area contributed by atoms with Crippen LogP contribution in [0.25, 0.3) is 0 Å². The molecule has 0 spiro atoms. The third-order valence-electron chi connectivity index (χ3n) is 5.13. The zero-order chi connectivity index (χ0) is 12.7. The van der Waals surface area contributed by atoms with Crippen molar-refractivity contribution in [3.8, 4) is 0 Å². The van der Waals surface area contributed by atoms with E-state index in [-0.39, 0.29) is 6.10 Å². The van der Waals surface area contributed by atoms with Crippen LogP contribution in [0.3, 0.4) is 0 Å². The van der Waals surface area contributed by atoms with Gasteiger partial charge in [-0.05, 0) is 47.6 Å². The Bertz CT molecular complexity index is 423. The minimum absolute atomic E-state index is 0.221. The smallest absolute Gasteiger partial charge is 0.0823 e. The molecule has 1 heteroatoms. The average molecular weight is 244 g/mol. The first-order valence-corrected chi connectivity index (χ1v) is 7.47. The molecule has 0 aliphatic heterocycles. The molecule has 1 N–H and O–H groups in total. The van der Waals surface area contributed by atoms with E-state index in [2.05, 4.69) is 38.1 Å². The summed E-state index contributed by atoms with van der Waals surface area (Å²) in [6.45, 7) is 4.68. The van der Waals surface area contributed by atoms with Gasteiger partial charge in [0.25, 0.3) is 0 Å². The second kappa shape index (κ2) is 4.70. The standard InChI is InChI=1S/C17H24O/c1-11(2)16-12-7-3-5-9-14(12)17(18)15-10-6-4-8-13(15)16/h3,5,7,9,11,13,15-18H,4,6,8,10H2,1-2H3. The van der Waals surface area contributed by atoms with E-state index < -0.39 is 0 Å². The molecule has 0 radical (unpaired) electrons. The van der Waals surface area contributed by atoms with Gasteiger partial charge in [0, 0.05) is 0 Å². The van der Waals surface area contributed by atoms with Crippen LogP contribution >= 0.6 is 0 Å². The number of fused-ring (bicyclic) bond motifs is 2. The lowest BCUT2D eigenvalue weighted by Crippen LogP contribution is -2.37. The van der Waals surface area contributed by atoms with Crippen LogP contribution in [-0.4, -0.2) is 5.11 Å². The molecule has 1 fully saturated rings. The third-order valence-corrected chi connectivity index (χ3v) is 5.13. The van der Waals surface area contributed by atoms with E-state index in [1.165, 1.54) is 36.8 Å². The molecule has 0 bridgehead atoms. The molecule has 98 valence electrons. The Hall–Kier alpha value is -0.820. The number of aliphatic hydroxyl groups excluding tert-OH is 1. The van der Waals surface area contributed by atoms with Crippen molar-refractivity contribution in [2.45, 2.75) is 51.6 Å². The highest BCUT2D eigenvalue weighted by Gasteiger charge is 2.43. The number of aliphatic hydroxyl groups is 1. The van der Waals surface area contributed by atoms with Gasteiger partial charge in [-0.25, -0.2) is 0 Å². The van der Waals surface area contributed by atoms with Crippen molar-refractivity contribution in [2.24, 2.45) is 17.8 Å². The maximum Gasteiger partial charge on any atom is 0.0823 e. The Labute approximate surface area is 110 Å². The highest BCUT2D eigenvalue weighted by Crippen LogP contribution is 2.53. The summed E-state index contributed by atoms with van der Waals surface area (Å²) in [7, 11) is 0. The summed E-state index contributed by atoms with van der Waals surface area (Å²) in [5.74, 6) is 2.52. The fourth-order valence-corrected chi connectivity index (χ4v) is 4.42. The highest BCUT2D eigenvalue weighted by molar-refractivity contribution is 5.36. The van der Waals surface area contributed by atoms with Crippen molar-refractivity contribution >= 4 is 0 Å². The van der Waals surface area contributed by atoms with E-state index >= 15 is 0 Å². The predicted molar refractivity (Wildman–Crippen MR) is 74.4 cm³/mol.